The van der Waals surface area contributed by atoms with Crippen molar-refractivity contribution in [2.45, 2.75) is 12.3 Å². The Kier molecular flexibility index (Phi) is 3.28. The van der Waals surface area contributed by atoms with E-state index in [-0.39, 0.29) is 6.42 Å². The van der Waals surface area contributed by atoms with Crippen LogP contribution in [0.1, 0.15) is 17.9 Å². The van der Waals surface area contributed by atoms with E-state index >= 15 is 0 Å². The molecule has 2 atom stereocenters. The summed E-state index contributed by atoms with van der Waals surface area (Å²) in [5.41, 5.74) is -0.750. The number of hydrogen-bond acceptors (Lipinski definition) is 4. The number of hydrogen-bond donors (Lipinski definition) is 1. The Morgan fingerprint density at radius 1 is 1.18 bits per heavy atom. The van der Waals surface area contributed by atoms with Gasteiger partial charge in [-0.05, 0) is 23.3 Å². The van der Waals surface area contributed by atoms with Crippen LogP contribution >= 0.6 is 0 Å². The zero-order valence-corrected chi connectivity index (χ0v) is 12.3. The molecule has 0 amide bonds. The standard InChI is InChI=1S/C17H16O5/c1-21-13-8-7-10-5-3-4-6-11(10)14(13)12-9-17(12,15(18)19)16(20)22-2/h3-8,12H,9H2,1-2H3,(H,18,19)/t12-,17+/m1/s1. The summed E-state index contributed by atoms with van der Waals surface area (Å²) in [4.78, 5) is 23.7. The second-order valence-electron chi connectivity index (χ2n) is 5.43. The monoisotopic (exact) mass is 300 g/mol. The fourth-order valence-electron chi connectivity index (χ4n) is 3.16. The van der Waals surface area contributed by atoms with E-state index in [4.69, 9.17) is 9.47 Å². The van der Waals surface area contributed by atoms with Gasteiger partial charge in [-0.15, -0.1) is 0 Å². The van der Waals surface area contributed by atoms with Crippen molar-refractivity contribution in [3.63, 3.8) is 0 Å². The quantitative estimate of drug-likeness (QED) is 0.694. The Labute approximate surface area is 127 Å². The van der Waals surface area contributed by atoms with Crippen molar-refractivity contribution in [2.75, 3.05) is 14.2 Å². The normalized spacial score (nSPS) is 23.1. The zero-order valence-electron chi connectivity index (χ0n) is 12.3. The van der Waals surface area contributed by atoms with Gasteiger partial charge in [0.1, 0.15) is 5.75 Å². The van der Waals surface area contributed by atoms with E-state index in [0.717, 1.165) is 16.3 Å². The topological polar surface area (TPSA) is 72.8 Å². The van der Waals surface area contributed by atoms with Crippen molar-refractivity contribution in [3.8, 4) is 5.75 Å². The van der Waals surface area contributed by atoms with Crippen LogP contribution in [0.25, 0.3) is 10.8 Å². The Morgan fingerprint density at radius 2 is 1.91 bits per heavy atom. The van der Waals surface area contributed by atoms with Crippen molar-refractivity contribution >= 4 is 22.7 Å². The van der Waals surface area contributed by atoms with Crippen LogP contribution in [0.2, 0.25) is 0 Å². The molecule has 0 aliphatic heterocycles. The molecular weight excluding hydrogens is 284 g/mol. The lowest BCUT2D eigenvalue weighted by Crippen LogP contribution is -2.28. The average Bonchev–Trinajstić information content (AvgIpc) is 3.29. The molecular formula is C17H16O5. The van der Waals surface area contributed by atoms with Crippen molar-refractivity contribution in [1.82, 2.24) is 0 Å². The molecule has 1 N–H and O–H groups in total. The second-order valence-corrected chi connectivity index (χ2v) is 5.43. The summed E-state index contributed by atoms with van der Waals surface area (Å²) in [6, 6.07) is 11.4. The van der Waals surface area contributed by atoms with Crippen molar-refractivity contribution < 1.29 is 24.2 Å². The van der Waals surface area contributed by atoms with Crippen LogP contribution in [0, 0.1) is 5.41 Å². The second kappa shape index (κ2) is 5.02. The van der Waals surface area contributed by atoms with Gasteiger partial charge in [0.15, 0.2) is 5.41 Å². The molecule has 1 aliphatic rings. The number of carbonyl (C=O) groups excluding carboxylic acids is 1. The first-order valence-electron chi connectivity index (χ1n) is 6.93. The van der Waals surface area contributed by atoms with Gasteiger partial charge in [-0.1, -0.05) is 30.3 Å². The molecule has 0 saturated heterocycles. The summed E-state index contributed by atoms with van der Waals surface area (Å²) in [6.45, 7) is 0. The fourth-order valence-corrected chi connectivity index (χ4v) is 3.16. The molecule has 0 aromatic heterocycles. The Bertz CT molecular complexity index is 767. The number of aliphatic carboxylic acids is 1. The number of carboxylic acids is 1. The van der Waals surface area contributed by atoms with Crippen LogP contribution in [-0.2, 0) is 14.3 Å². The summed E-state index contributed by atoms with van der Waals surface area (Å²) in [6.07, 6.45) is 0.222. The van der Waals surface area contributed by atoms with Gasteiger partial charge in [0, 0.05) is 11.5 Å². The number of esters is 1. The van der Waals surface area contributed by atoms with E-state index in [1.807, 2.05) is 30.3 Å². The number of carbonyl (C=O) groups is 2. The van der Waals surface area contributed by atoms with Crippen LogP contribution in [-0.4, -0.2) is 31.3 Å². The van der Waals surface area contributed by atoms with Gasteiger partial charge in [0.25, 0.3) is 0 Å². The van der Waals surface area contributed by atoms with Gasteiger partial charge in [-0.25, -0.2) is 0 Å². The molecule has 114 valence electrons. The highest BCUT2D eigenvalue weighted by atomic mass is 16.5. The van der Waals surface area contributed by atoms with Crippen LogP contribution < -0.4 is 4.74 Å². The average molecular weight is 300 g/mol. The number of ether oxygens (including phenoxy) is 2. The Morgan fingerprint density at radius 3 is 2.55 bits per heavy atom. The molecule has 3 rings (SSSR count). The lowest BCUT2D eigenvalue weighted by atomic mass is 9.94. The maximum Gasteiger partial charge on any atom is 0.323 e. The van der Waals surface area contributed by atoms with Crippen LogP contribution in [0.4, 0.5) is 0 Å². The molecule has 5 nitrogen and oxygen atoms in total. The van der Waals surface area contributed by atoms with E-state index in [2.05, 4.69) is 0 Å². The van der Waals surface area contributed by atoms with Gasteiger partial charge in [-0.2, -0.15) is 0 Å². The van der Waals surface area contributed by atoms with Gasteiger partial charge in [0.2, 0.25) is 0 Å². The lowest BCUT2D eigenvalue weighted by Gasteiger charge is -2.15. The highest BCUT2D eigenvalue weighted by molar-refractivity contribution is 6.05. The fraction of sp³-hybridized carbons (Fsp3) is 0.294. The number of benzene rings is 2. The van der Waals surface area contributed by atoms with Crippen molar-refractivity contribution in [3.05, 3.63) is 42.0 Å². The molecule has 0 unspecified atom stereocenters. The van der Waals surface area contributed by atoms with Gasteiger partial charge in [0.05, 0.1) is 14.2 Å². The predicted molar refractivity (Wildman–Crippen MR) is 79.9 cm³/mol. The van der Waals surface area contributed by atoms with Gasteiger partial charge in [-0.3, -0.25) is 9.59 Å². The minimum atomic E-state index is -1.51. The van der Waals surface area contributed by atoms with E-state index in [9.17, 15) is 14.7 Å². The first-order chi connectivity index (χ1) is 10.6. The predicted octanol–water partition coefficient (Wildman–Crippen LogP) is 2.58. The third-order valence-electron chi connectivity index (χ3n) is 4.39. The summed E-state index contributed by atoms with van der Waals surface area (Å²) in [7, 11) is 2.75. The first-order valence-corrected chi connectivity index (χ1v) is 6.93. The highest BCUT2D eigenvalue weighted by Gasteiger charge is 2.68. The molecule has 0 heterocycles. The lowest BCUT2D eigenvalue weighted by molar-refractivity contribution is -0.159. The zero-order chi connectivity index (χ0) is 15.9. The van der Waals surface area contributed by atoms with Crippen molar-refractivity contribution in [2.24, 2.45) is 5.41 Å². The summed E-state index contributed by atoms with van der Waals surface area (Å²) in [5, 5.41) is 11.4. The SMILES string of the molecule is COC(=O)[C@@]1(C(=O)O)C[C@@H]1c1c(OC)ccc2ccccc12. The summed E-state index contributed by atoms with van der Waals surface area (Å²) < 4.78 is 10.1. The maximum absolute atomic E-state index is 12.0. The summed E-state index contributed by atoms with van der Waals surface area (Å²) >= 11 is 0. The Balaban J connectivity index is 2.19. The molecule has 2 aromatic rings. The number of rotatable bonds is 4. The smallest absolute Gasteiger partial charge is 0.323 e. The van der Waals surface area contributed by atoms with Gasteiger partial charge < -0.3 is 14.6 Å². The molecule has 0 spiro atoms. The highest BCUT2D eigenvalue weighted by Crippen LogP contribution is 2.63. The van der Waals surface area contributed by atoms with Crippen LogP contribution in [0.15, 0.2) is 36.4 Å². The largest absolute Gasteiger partial charge is 0.496 e. The minimum Gasteiger partial charge on any atom is -0.496 e. The number of carboxylic acid groups (broad SMARTS) is 1. The molecule has 0 bridgehead atoms. The minimum absolute atomic E-state index is 0.222. The first kappa shape index (κ1) is 14.4. The van der Waals surface area contributed by atoms with Crippen LogP contribution in [0.5, 0.6) is 5.75 Å². The molecule has 22 heavy (non-hydrogen) atoms. The van der Waals surface area contributed by atoms with Gasteiger partial charge >= 0.3 is 11.9 Å². The van der Waals surface area contributed by atoms with Crippen molar-refractivity contribution in [1.29, 1.82) is 0 Å². The number of methoxy groups -OCH3 is 2. The van der Waals surface area contributed by atoms with E-state index in [0.29, 0.717) is 5.75 Å². The van der Waals surface area contributed by atoms with E-state index in [1.165, 1.54) is 14.2 Å². The summed E-state index contributed by atoms with van der Waals surface area (Å²) in [5.74, 6) is -1.71. The maximum atomic E-state index is 12.0. The Hall–Kier alpha value is -2.56. The molecule has 1 saturated carbocycles. The molecule has 1 aliphatic carbocycles. The van der Waals surface area contributed by atoms with Crippen LogP contribution in [0.3, 0.4) is 0 Å². The molecule has 5 heteroatoms. The third kappa shape index (κ3) is 1.85. The molecule has 0 radical (unpaired) electrons. The molecule has 2 aromatic carbocycles. The van der Waals surface area contributed by atoms with E-state index in [1.54, 1.807) is 6.07 Å². The van der Waals surface area contributed by atoms with E-state index < -0.39 is 23.3 Å². The third-order valence-corrected chi connectivity index (χ3v) is 4.39. The molecule has 1 fully saturated rings. The number of fused-ring (bicyclic) bond motifs is 1.